The lowest BCUT2D eigenvalue weighted by atomic mass is 10.2. The summed E-state index contributed by atoms with van der Waals surface area (Å²) in [5.74, 6) is -0.505. The second kappa shape index (κ2) is 9.78. The maximum atomic E-state index is 12.2. The van der Waals surface area contributed by atoms with Crippen LogP contribution in [0.15, 0.2) is 0 Å². The van der Waals surface area contributed by atoms with Gasteiger partial charge in [0, 0.05) is 19.6 Å². The Hall–Kier alpha value is -1.10. The monoisotopic (exact) mass is 272 g/mol. The molecule has 0 saturated carbocycles. The third-order valence-electron chi connectivity index (χ3n) is 2.68. The van der Waals surface area contributed by atoms with Gasteiger partial charge in [0.05, 0.1) is 13.1 Å². The quantitative estimate of drug-likeness (QED) is 0.657. The lowest BCUT2D eigenvalue weighted by Gasteiger charge is -2.27. The van der Waals surface area contributed by atoms with Crippen molar-refractivity contribution in [3.63, 3.8) is 0 Å². The molecule has 0 heterocycles. The number of nitrogens with zero attached hydrogens (tertiary/aromatic N) is 2. The van der Waals surface area contributed by atoms with E-state index in [0.717, 1.165) is 25.9 Å². The van der Waals surface area contributed by atoms with Gasteiger partial charge in [-0.15, -0.1) is 0 Å². The van der Waals surface area contributed by atoms with Crippen LogP contribution in [0, 0.1) is 5.92 Å². The maximum absolute atomic E-state index is 12.2. The van der Waals surface area contributed by atoms with E-state index in [1.54, 1.807) is 4.90 Å². The van der Waals surface area contributed by atoms with E-state index in [0.29, 0.717) is 12.5 Å². The molecule has 0 rings (SSSR count). The fraction of sp³-hybridized carbons (Fsp3) is 0.857. The van der Waals surface area contributed by atoms with Gasteiger partial charge < -0.3 is 10.0 Å². The summed E-state index contributed by atoms with van der Waals surface area (Å²) in [6, 6.07) is 0. The van der Waals surface area contributed by atoms with Crippen LogP contribution in [0.2, 0.25) is 0 Å². The molecule has 1 amide bonds. The van der Waals surface area contributed by atoms with Crippen molar-refractivity contribution in [2.75, 3.05) is 32.7 Å². The Kier molecular flexibility index (Phi) is 9.21. The summed E-state index contributed by atoms with van der Waals surface area (Å²) in [4.78, 5) is 26.6. The normalized spacial score (nSPS) is 11.1. The molecular weight excluding hydrogens is 244 g/mol. The molecule has 0 aromatic rings. The van der Waals surface area contributed by atoms with E-state index in [1.807, 2.05) is 32.6 Å². The first kappa shape index (κ1) is 17.9. The second-order valence-corrected chi connectivity index (χ2v) is 5.34. The average Bonchev–Trinajstić information content (AvgIpc) is 2.26. The van der Waals surface area contributed by atoms with Gasteiger partial charge in [-0.1, -0.05) is 27.7 Å². The predicted molar refractivity (Wildman–Crippen MR) is 76.1 cm³/mol. The highest BCUT2D eigenvalue weighted by Gasteiger charge is 2.18. The van der Waals surface area contributed by atoms with Crippen molar-refractivity contribution in [1.29, 1.82) is 0 Å². The molecule has 5 nitrogen and oxygen atoms in total. The van der Waals surface area contributed by atoms with Crippen LogP contribution in [-0.2, 0) is 9.59 Å². The molecule has 112 valence electrons. The zero-order chi connectivity index (χ0) is 14.8. The van der Waals surface area contributed by atoms with Crippen molar-refractivity contribution in [2.24, 2.45) is 5.92 Å². The Balaban J connectivity index is 4.51. The van der Waals surface area contributed by atoms with Gasteiger partial charge in [-0.05, 0) is 18.8 Å². The molecule has 19 heavy (non-hydrogen) atoms. The van der Waals surface area contributed by atoms with Crippen LogP contribution in [0.5, 0.6) is 0 Å². The number of carboxylic acids is 1. The summed E-state index contributed by atoms with van der Waals surface area (Å²) < 4.78 is 0. The van der Waals surface area contributed by atoms with Gasteiger partial charge in [0.2, 0.25) is 5.91 Å². The fourth-order valence-corrected chi connectivity index (χ4v) is 2.09. The van der Waals surface area contributed by atoms with Crippen molar-refractivity contribution in [1.82, 2.24) is 9.80 Å². The van der Waals surface area contributed by atoms with Crippen LogP contribution in [0.1, 0.15) is 40.5 Å². The van der Waals surface area contributed by atoms with E-state index >= 15 is 0 Å². The minimum atomic E-state index is -0.883. The van der Waals surface area contributed by atoms with Crippen molar-refractivity contribution in [3.05, 3.63) is 0 Å². The van der Waals surface area contributed by atoms with Gasteiger partial charge in [0.1, 0.15) is 0 Å². The van der Waals surface area contributed by atoms with Crippen LogP contribution in [0.3, 0.4) is 0 Å². The lowest BCUT2D eigenvalue weighted by Crippen LogP contribution is -2.44. The van der Waals surface area contributed by atoms with E-state index in [-0.39, 0.29) is 19.0 Å². The van der Waals surface area contributed by atoms with Crippen LogP contribution in [0.25, 0.3) is 0 Å². The Bertz CT molecular complexity index is 274. The van der Waals surface area contributed by atoms with Crippen LogP contribution in [0.4, 0.5) is 0 Å². The van der Waals surface area contributed by atoms with Crippen LogP contribution < -0.4 is 0 Å². The van der Waals surface area contributed by atoms with Gasteiger partial charge in [0.25, 0.3) is 0 Å². The molecule has 0 aliphatic carbocycles. The number of hydrogen-bond donors (Lipinski definition) is 1. The highest BCUT2D eigenvalue weighted by molar-refractivity contribution is 5.79. The third-order valence-corrected chi connectivity index (χ3v) is 2.68. The highest BCUT2D eigenvalue weighted by Crippen LogP contribution is 2.02. The zero-order valence-electron chi connectivity index (χ0n) is 12.7. The van der Waals surface area contributed by atoms with E-state index in [4.69, 9.17) is 5.11 Å². The smallest absolute Gasteiger partial charge is 0.317 e. The van der Waals surface area contributed by atoms with Crippen molar-refractivity contribution < 1.29 is 14.7 Å². The Morgan fingerprint density at radius 3 is 1.95 bits per heavy atom. The maximum Gasteiger partial charge on any atom is 0.317 e. The second-order valence-electron chi connectivity index (χ2n) is 5.34. The Labute approximate surface area is 116 Å². The molecule has 0 aromatic heterocycles. The molecule has 0 radical (unpaired) electrons. The third kappa shape index (κ3) is 8.59. The molecular formula is C14H28N2O3. The molecule has 0 fully saturated rings. The molecule has 0 aliphatic rings. The van der Waals surface area contributed by atoms with Crippen LogP contribution in [-0.4, -0.2) is 59.5 Å². The number of aliphatic carboxylic acids is 1. The van der Waals surface area contributed by atoms with Crippen LogP contribution >= 0.6 is 0 Å². The molecule has 0 aliphatic heterocycles. The van der Waals surface area contributed by atoms with Gasteiger partial charge in [0.15, 0.2) is 0 Å². The molecule has 1 N–H and O–H groups in total. The summed E-state index contributed by atoms with van der Waals surface area (Å²) in [5, 5.41) is 8.89. The topological polar surface area (TPSA) is 60.9 Å². The van der Waals surface area contributed by atoms with Gasteiger partial charge in [-0.3, -0.25) is 14.5 Å². The summed E-state index contributed by atoms with van der Waals surface area (Å²) in [5.41, 5.74) is 0. The number of carbonyl (C=O) groups is 2. The molecule has 0 bridgehead atoms. The molecule has 0 saturated heterocycles. The van der Waals surface area contributed by atoms with E-state index < -0.39 is 5.97 Å². The molecule has 0 atom stereocenters. The number of rotatable bonds is 10. The standard InChI is InChI=1S/C14H28N2O3/c1-5-7-16(8-6-2)13(17)10-15(9-12(3)4)11-14(18)19/h12H,5-11H2,1-4H3,(H,18,19). The molecule has 0 aromatic carbocycles. The largest absolute Gasteiger partial charge is 0.480 e. The predicted octanol–water partition coefficient (Wildman–Crippen LogP) is 1.68. The van der Waals surface area contributed by atoms with Gasteiger partial charge in [-0.25, -0.2) is 0 Å². The van der Waals surface area contributed by atoms with Gasteiger partial charge >= 0.3 is 5.97 Å². The fourth-order valence-electron chi connectivity index (χ4n) is 2.09. The summed E-state index contributed by atoms with van der Waals surface area (Å²) in [6.07, 6.45) is 1.85. The van der Waals surface area contributed by atoms with E-state index in [9.17, 15) is 9.59 Å². The first-order valence-electron chi connectivity index (χ1n) is 7.12. The first-order chi connectivity index (χ1) is 8.90. The minimum Gasteiger partial charge on any atom is -0.480 e. The summed E-state index contributed by atoms with van der Waals surface area (Å²) in [7, 11) is 0. The number of carbonyl (C=O) groups excluding carboxylic acids is 1. The number of amides is 1. The number of hydrogen-bond acceptors (Lipinski definition) is 3. The Morgan fingerprint density at radius 1 is 1.05 bits per heavy atom. The SMILES string of the molecule is CCCN(CCC)C(=O)CN(CC(=O)O)CC(C)C. The highest BCUT2D eigenvalue weighted by atomic mass is 16.4. The molecule has 5 heteroatoms. The van der Waals surface area contributed by atoms with E-state index in [2.05, 4.69) is 0 Å². The summed E-state index contributed by atoms with van der Waals surface area (Å²) >= 11 is 0. The van der Waals surface area contributed by atoms with Crippen molar-refractivity contribution >= 4 is 11.9 Å². The van der Waals surface area contributed by atoms with Crippen molar-refractivity contribution in [2.45, 2.75) is 40.5 Å². The van der Waals surface area contributed by atoms with E-state index in [1.165, 1.54) is 0 Å². The Morgan fingerprint density at radius 2 is 1.58 bits per heavy atom. The minimum absolute atomic E-state index is 0.0330. The van der Waals surface area contributed by atoms with Crippen molar-refractivity contribution in [3.8, 4) is 0 Å². The average molecular weight is 272 g/mol. The number of carboxylic acid groups (broad SMARTS) is 1. The zero-order valence-corrected chi connectivity index (χ0v) is 12.7. The lowest BCUT2D eigenvalue weighted by molar-refractivity contribution is -0.140. The first-order valence-corrected chi connectivity index (χ1v) is 7.12. The summed E-state index contributed by atoms with van der Waals surface area (Å²) in [6.45, 7) is 10.4. The van der Waals surface area contributed by atoms with Gasteiger partial charge in [-0.2, -0.15) is 0 Å². The molecule has 0 unspecified atom stereocenters. The molecule has 0 spiro atoms.